The molecule has 0 radical (unpaired) electrons. The number of carbonyl (C=O) groups is 1. The summed E-state index contributed by atoms with van der Waals surface area (Å²) in [4.78, 5) is 13.0. The number of nitrogens with zero attached hydrogens (tertiary/aromatic N) is 1. The molecule has 0 saturated carbocycles. The highest BCUT2D eigenvalue weighted by molar-refractivity contribution is 5.73. The topological polar surface area (TPSA) is 44.4 Å². The van der Waals surface area contributed by atoms with Crippen molar-refractivity contribution in [3.05, 3.63) is 0 Å². The van der Waals surface area contributed by atoms with Crippen molar-refractivity contribution < 1.29 is 4.79 Å². The van der Waals surface area contributed by atoms with Crippen molar-refractivity contribution in [1.82, 2.24) is 15.5 Å². The minimum absolute atomic E-state index is 0.00938. The van der Waals surface area contributed by atoms with Crippen LogP contribution in [0.4, 0.5) is 4.79 Å². The maximum Gasteiger partial charge on any atom is 0.317 e. The third-order valence-electron chi connectivity index (χ3n) is 2.71. The Balaban J connectivity index is 2.32. The molecule has 1 aliphatic heterocycles. The van der Waals surface area contributed by atoms with Gasteiger partial charge in [0.15, 0.2) is 0 Å². The molecule has 4 nitrogen and oxygen atoms in total. The molecule has 2 atom stereocenters. The largest absolute Gasteiger partial charge is 0.334 e. The van der Waals surface area contributed by atoms with E-state index in [1.807, 2.05) is 0 Å². The fourth-order valence-corrected chi connectivity index (χ4v) is 1.73. The molecular weight excluding hydrogens is 178 g/mol. The lowest BCUT2D eigenvalue weighted by Gasteiger charge is -2.30. The first-order valence-electron chi connectivity index (χ1n) is 5.32. The number of hydrogen-bond donors (Lipinski definition) is 2. The fourth-order valence-electron chi connectivity index (χ4n) is 1.73. The quantitative estimate of drug-likeness (QED) is 0.690. The van der Waals surface area contributed by atoms with Crippen molar-refractivity contribution in [3.8, 4) is 0 Å². The number of urea groups is 1. The molecule has 0 aliphatic carbocycles. The monoisotopic (exact) mass is 199 g/mol. The highest BCUT2D eigenvalue weighted by atomic mass is 16.2. The van der Waals surface area contributed by atoms with Crippen molar-refractivity contribution in [3.63, 3.8) is 0 Å². The summed E-state index contributed by atoms with van der Waals surface area (Å²) in [6.45, 7) is 3.14. The Morgan fingerprint density at radius 3 is 2.71 bits per heavy atom. The van der Waals surface area contributed by atoms with E-state index in [4.69, 9.17) is 0 Å². The number of nitrogens with one attached hydrogen (secondary N) is 2. The lowest BCUT2D eigenvalue weighted by molar-refractivity contribution is 0.208. The molecule has 1 saturated heterocycles. The summed E-state index contributed by atoms with van der Waals surface area (Å²) in [7, 11) is 3.52. The Bertz CT molecular complexity index is 188. The van der Waals surface area contributed by atoms with Crippen LogP contribution >= 0.6 is 0 Å². The zero-order valence-corrected chi connectivity index (χ0v) is 9.34. The van der Waals surface area contributed by atoms with Crippen LogP contribution in [-0.4, -0.2) is 43.7 Å². The van der Waals surface area contributed by atoms with Crippen molar-refractivity contribution in [2.75, 3.05) is 20.6 Å². The van der Waals surface area contributed by atoms with Gasteiger partial charge in [0.25, 0.3) is 0 Å². The molecule has 82 valence electrons. The van der Waals surface area contributed by atoms with Crippen LogP contribution in [0.1, 0.15) is 26.2 Å². The van der Waals surface area contributed by atoms with Crippen LogP contribution in [0, 0.1) is 0 Å². The van der Waals surface area contributed by atoms with Crippen molar-refractivity contribution >= 4 is 6.03 Å². The van der Waals surface area contributed by atoms with E-state index in [1.165, 1.54) is 12.8 Å². The van der Waals surface area contributed by atoms with Crippen LogP contribution in [0.5, 0.6) is 0 Å². The van der Waals surface area contributed by atoms with Gasteiger partial charge in [0.2, 0.25) is 0 Å². The van der Waals surface area contributed by atoms with Gasteiger partial charge in [-0.25, -0.2) is 4.79 Å². The van der Waals surface area contributed by atoms with Crippen molar-refractivity contribution in [2.45, 2.75) is 38.3 Å². The molecule has 2 unspecified atom stereocenters. The second-order valence-electron chi connectivity index (χ2n) is 4.19. The predicted molar refractivity (Wildman–Crippen MR) is 57.3 cm³/mol. The molecule has 14 heavy (non-hydrogen) atoms. The van der Waals surface area contributed by atoms with Crippen LogP contribution in [0.15, 0.2) is 0 Å². The van der Waals surface area contributed by atoms with Gasteiger partial charge >= 0.3 is 6.03 Å². The summed E-state index contributed by atoms with van der Waals surface area (Å²) in [6.07, 6.45) is 3.68. The maximum absolute atomic E-state index is 11.4. The molecule has 1 aliphatic rings. The van der Waals surface area contributed by atoms with Gasteiger partial charge in [-0.15, -0.1) is 0 Å². The van der Waals surface area contributed by atoms with Gasteiger partial charge in [-0.2, -0.15) is 0 Å². The molecule has 0 aromatic carbocycles. The highest BCUT2D eigenvalue weighted by Crippen LogP contribution is 2.10. The van der Waals surface area contributed by atoms with Gasteiger partial charge in [-0.05, 0) is 26.3 Å². The minimum Gasteiger partial charge on any atom is -0.334 e. The Kier molecular flexibility index (Phi) is 4.20. The summed E-state index contributed by atoms with van der Waals surface area (Å²) in [5.41, 5.74) is 0. The standard InChI is InChI=1S/C10H21N3O/c1-8(12-10(14)13(2)3)9-6-4-5-7-11-9/h8-9,11H,4-7H2,1-3H3,(H,12,14). The SMILES string of the molecule is CC(NC(=O)N(C)C)C1CCCCN1. The highest BCUT2D eigenvalue weighted by Gasteiger charge is 2.21. The molecule has 1 fully saturated rings. The fraction of sp³-hybridized carbons (Fsp3) is 0.900. The van der Waals surface area contributed by atoms with Gasteiger partial charge in [0.1, 0.15) is 0 Å². The summed E-state index contributed by atoms with van der Waals surface area (Å²) in [6, 6.07) is 0.641. The van der Waals surface area contributed by atoms with Crippen molar-refractivity contribution in [2.24, 2.45) is 0 Å². The van der Waals surface area contributed by atoms with E-state index in [1.54, 1.807) is 19.0 Å². The molecule has 2 amide bonds. The smallest absolute Gasteiger partial charge is 0.317 e. The molecule has 0 bridgehead atoms. The van der Waals surface area contributed by atoms with E-state index >= 15 is 0 Å². The third kappa shape index (κ3) is 3.18. The first-order chi connectivity index (χ1) is 6.61. The Hall–Kier alpha value is -0.770. The summed E-state index contributed by atoms with van der Waals surface area (Å²) >= 11 is 0. The third-order valence-corrected chi connectivity index (χ3v) is 2.71. The second kappa shape index (κ2) is 5.20. The molecule has 4 heteroatoms. The van der Waals surface area contributed by atoms with E-state index < -0.39 is 0 Å². The summed E-state index contributed by atoms with van der Waals surface area (Å²) < 4.78 is 0. The number of amides is 2. The van der Waals surface area contributed by atoms with E-state index in [0.29, 0.717) is 6.04 Å². The van der Waals surface area contributed by atoms with Gasteiger partial charge < -0.3 is 15.5 Å². The molecule has 2 N–H and O–H groups in total. The molecule has 0 aromatic heterocycles. The van der Waals surface area contributed by atoms with Crippen LogP contribution in [0.25, 0.3) is 0 Å². The van der Waals surface area contributed by atoms with Crippen molar-refractivity contribution in [1.29, 1.82) is 0 Å². The first-order valence-corrected chi connectivity index (χ1v) is 5.32. The minimum atomic E-state index is -0.00938. The normalized spacial score (nSPS) is 24.1. The van der Waals surface area contributed by atoms with Crippen LogP contribution in [0.2, 0.25) is 0 Å². The zero-order valence-electron chi connectivity index (χ0n) is 9.34. The molecular formula is C10H21N3O. The van der Waals surface area contributed by atoms with Crippen LogP contribution < -0.4 is 10.6 Å². The molecule has 0 aromatic rings. The van der Waals surface area contributed by atoms with E-state index in [-0.39, 0.29) is 12.1 Å². The number of hydrogen-bond acceptors (Lipinski definition) is 2. The summed E-state index contributed by atoms with van der Waals surface area (Å²) in [5.74, 6) is 0. The number of carbonyl (C=O) groups excluding carboxylic acids is 1. The van der Waals surface area contributed by atoms with Gasteiger partial charge in [-0.1, -0.05) is 6.42 Å². The lowest BCUT2D eigenvalue weighted by atomic mass is 9.99. The molecule has 1 rings (SSSR count). The Morgan fingerprint density at radius 1 is 1.50 bits per heavy atom. The van der Waals surface area contributed by atoms with Gasteiger partial charge in [0, 0.05) is 26.2 Å². The predicted octanol–water partition coefficient (Wildman–Crippen LogP) is 0.788. The lowest BCUT2D eigenvalue weighted by Crippen LogP contribution is -2.52. The second-order valence-corrected chi connectivity index (χ2v) is 4.19. The molecule has 0 spiro atoms. The molecule has 1 heterocycles. The van der Waals surface area contributed by atoms with Crippen LogP contribution in [0.3, 0.4) is 0 Å². The first kappa shape index (κ1) is 11.3. The Morgan fingerprint density at radius 2 is 2.21 bits per heavy atom. The van der Waals surface area contributed by atoms with E-state index in [9.17, 15) is 4.79 Å². The zero-order chi connectivity index (χ0) is 10.6. The average Bonchev–Trinajstić information content (AvgIpc) is 2.19. The Labute approximate surface area is 86.0 Å². The number of rotatable bonds is 2. The maximum atomic E-state index is 11.4. The summed E-state index contributed by atoms with van der Waals surface area (Å²) in [5, 5.41) is 6.40. The van der Waals surface area contributed by atoms with E-state index in [0.717, 1.165) is 13.0 Å². The average molecular weight is 199 g/mol. The van der Waals surface area contributed by atoms with Crippen LogP contribution in [-0.2, 0) is 0 Å². The van der Waals surface area contributed by atoms with Gasteiger partial charge in [0.05, 0.1) is 0 Å². The number of piperidine rings is 1. The van der Waals surface area contributed by atoms with E-state index in [2.05, 4.69) is 17.6 Å². The van der Waals surface area contributed by atoms with Gasteiger partial charge in [-0.3, -0.25) is 0 Å².